The Kier molecular flexibility index (Phi) is 9.63. The van der Waals surface area contributed by atoms with E-state index in [1.165, 1.54) is 5.56 Å². The predicted octanol–water partition coefficient (Wildman–Crippen LogP) is 10.2. The van der Waals surface area contributed by atoms with E-state index in [1.807, 2.05) is 66.2 Å². The summed E-state index contributed by atoms with van der Waals surface area (Å²) in [7, 11) is -0.611. The van der Waals surface area contributed by atoms with Crippen molar-refractivity contribution in [2.24, 2.45) is 9.98 Å². The highest BCUT2D eigenvalue weighted by Crippen LogP contribution is 2.37. The topological polar surface area (TPSA) is 73.4 Å². The fourth-order valence-corrected chi connectivity index (χ4v) is 6.82. The lowest BCUT2D eigenvalue weighted by Gasteiger charge is -2.32. The molecule has 0 N–H and O–H groups in total. The second-order valence-electron chi connectivity index (χ2n) is 15.1. The first-order valence-corrected chi connectivity index (χ1v) is 18.8. The molecule has 272 valence electrons. The van der Waals surface area contributed by atoms with Gasteiger partial charge in [0.05, 0.1) is 16.9 Å². The number of aliphatic imine (C=N–C) groups is 2. The maximum Gasteiger partial charge on any atom is 0.494 e. The average Bonchev–Trinajstić information content (AvgIpc) is 3.75. The van der Waals surface area contributed by atoms with Crippen LogP contribution in [0.25, 0.3) is 45.0 Å². The van der Waals surface area contributed by atoms with Gasteiger partial charge in [-0.05, 0) is 98.9 Å². The van der Waals surface area contributed by atoms with Crippen molar-refractivity contribution >= 4 is 35.5 Å². The molecule has 0 radical (unpaired) electrons. The van der Waals surface area contributed by atoms with Crippen LogP contribution in [-0.2, 0) is 9.31 Å². The molecule has 0 saturated carbocycles. The highest BCUT2D eigenvalue weighted by atomic mass is 16.7. The van der Waals surface area contributed by atoms with Crippen LogP contribution in [0.5, 0.6) is 0 Å². The van der Waals surface area contributed by atoms with Crippen LogP contribution in [0, 0.1) is 0 Å². The maximum atomic E-state index is 6.55. The van der Waals surface area contributed by atoms with Crippen LogP contribution < -0.4 is 5.46 Å². The normalized spacial score (nSPS) is 16.7. The molecule has 2 aliphatic rings. The smallest absolute Gasteiger partial charge is 0.399 e. The molecule has 4 aromatic carbocycles. The van der Waals surface area contributed by atoms with Crippen LogP contribution in [0.2, 0.25) is 0 Å². The molecule has 1 aliphatic heterocycles. The number of amidine groups is 1. The van der Waals surface area contributed by atoms with E-state index in [0.29, 0.717) is 17.4 Å². The van der Waals surface area contributed by atoms with E-state index in [9.17, 15) is 0 Å². The molecular formula is C47H44BN5O2. The molecule has 1 saturated heterocycles. The lowest BCUT2D eigenvalue weighted by molar-refractivity contribution is 0.00578. The largest absolute Gasteiger partial charge is 0.494 e. The highest BCUT2D eigenvalue weighted by molar-refractivity contribution is 6.62. The molecule has 0 amide bonds. The second kappa shape index (κ2) is 14.7. The monoisotopic (exact) mass is 721 g/mol. The van der Waals surface area contributed by atoms with Crippen LogP contribution in [0.1, 0.15) is 58.6 Å². The van der Waals surface area contributed by atoms with Crippen molar-refractivity contribution in [3.05, 3.63) is 163 Å². The quantitative estimate of drug-likeness (QED) is 0.0891. The molecule has 1 aliphatic carbocycles. The molecule has 0 atom stereocenters. The predicted molar refractivity (Wildman–Crippen MR) is 227 cm³/mol. The van der Waals surface area contributed by atoms with E-state index in [-0.39, 0.29) is 0 Å². The lowest BCUT2D eigenvalue weighted by atomic mass is 9.77. The van der Waals surface area contributed by atoms with E-state index in [1.54, 1.807) is 0 Å². The molecule has 0 bridgehead atoms. The van der Waals surface area contributed by atoms with Crippen molar-refractivity contribution in [2.45, 2.75) is 58.7 Å². The Labute approximate surface area is 323 Å². The van der Waals surface area contributed by atoms with Gasteiger partial charge in [0.1, 0.15) is 0 Å². The van der Waals surface area contributed by atoms with Crippen molar-refractivity contribution in [1.29, 1.82) is 0 Å². The third-order valence-electron chi connectivity index (χ3n) is 10.7. The number of benzene rings is 4. The van der Waals surface area contributed by atoms with Gasteiger partial charge < -0.3 is 9.31 Å². The summed E-state index contributed by atoms with van der Waals surface area (Å²) < 4.78 is 14.9. The first kappa shape index (κ1) is 36.0. The number of hydrogen-bond donors (Lipinski definition) is 0. The fraction of sp³-hybridized carbons (Fsp3) is 0.191. The van der Waals surface area contributed by atoms with Crippen LogP contribution in [0.15, 0.2) is 162 Å². The number of rotatable bonds is 8. The van der Waals surface area contributed by atoms with E-state index in [4.69, 9.17) is 29.4 Å². The summed E-state index contributed by atoms with van der Waals surface area (Å²) in [6.45, 7) is 14.8. The summed E-state index contributed by atoms with van der Waals surface area (Å²) in [5.41, 5.74) is 9.97. The highest BCUT2D eigenvalue weighted by Gasteiger charge is 2.51. The number of aromatic nitrogens is 3. The molecule has 2 aromatic heterocycles. The minimum atomic E-state index is -0.611. The van der Waals surface area contributed by atoms with Gasteiger partial charge in [0.15, 0.2) is 17.3 Å². The molecule has 55 heavy (non-hydrogen) atoms. The van der Waals surface area contributed by atoms with Gasteiger partial charge in [-0.25, -0.2) is 19.5 Å². The third kappa shape index (κ3) is 7.44. The summed E-state index contributed by atoms with van der Waals surface area (Å²) in [4.78, 5) is 15.4. The summed E-state index contributed by atoms with van der Waals surface area (Å²) >= 11 is 0. The standard InChI is InChI=1S/C47H44BN5O2/c1-32(34-24-26-36(27-25-34)35-17-10-7-11-18-35)49-43(38-21-14-9-15-22-38)50-33(2)39-29-40(31-41(30-39)48-54-46(3,4)47(5,6)55-48)44-51-45-42(23-16-28-53(45)52-44)37-19-12-8-13-20-37/h7-8,10-14,16-31H,2,9,15H2,1,3-6H3/b49-32+,50-43-. The van der Waals surface area contributed by atoms with Gasteiger partial charge in [-0.15, -0.1) is 5.10 Å². The van der Waals surface area contributed by atoms with Crippen molar-refractivity contribution in [3.63, 3.8) is 0 Å². The van der Waals surface area contributed by atoms with Crippen LogP contribution >= 0.6 is 0 Å². The Balaban J connectivity index is 1.20. The van der Waals surface area contributed by atoms with Gasteiger partial charge in [-0.2, -0.15) is 0 Å². The SMILES string of the molecule is C=C(/N=C(\N=C(/C)c1ccc(-c2ccccc2)cc1)C1=CCCC=C1)c1cc(B2OC(C)(C)C(C)(C)O2)cc(-c2nc3c(-c4ccccc4)cccn3n2)c1. The minimum Gasteiger partial charge on any atom is -0.399 e. The van der Waals surface area contributed by atoms with Crippen molar-refractivity contribution in [2.75, 3.05) is 0 Å². The number of pyridine rings is 1. The maximum absolute atomic E-state index is 6.55. The summed E-state index contributed by atoms with van der Waals surface area (Å²) in [5, 5.41) is 4.95. The van der Waals surface area contributed by atoms with Gasteiger partial charge in [0, 0.05) is 28.6 Å². The van der Waals surface area contributed by atoms with Crippen LogP contribution in [0.4, 0.5) is 0 Å². The van der Waals surface area contributed by atoms with Crippen molar-refractivity contribution in [3.8, 4) is 33.6 Å². The zero-order valence-corrected chi connectivity index (χ0v) is 32.0. The molecule has 0 spiro atoms. The molecule has 6 aromatic rings. The summed E-state index contributed by atoms with van der Waals surface area (Å²) in [6.07, 6.45) is 10.3. The Bertz CT molecular complexity index is 2500. The van der Waals surface area contributed by atoms with Gasteiger partial charge >= 0.3 is 7.12 Å². The first-order chi connectivity index (χ1) is 26.5. The minimum absolute atomic E-state index is 0.520. The number of hydrogen-bond acceptors (Lipinski definition) is 5. The van der Waals surface area contributed by atoms with Gasteiger partial charge in [-0.3, -0.25) is 0 Å². The molecular weight excluding hydrogens is 677 g/mol. The number of nitrogens with zero attached hydrogens (tertiary/aromatic N) is 5. The Morgan fingerprint density at radius 2 is 1.40 bits per heavy atom. The molecule has 1 fully saturated rings. The molecule has 8 rings (SSSR count). The van der Waals surface area contributed by atoms with Gasteiger partial charge in [0.2, 0.25) is 0 Å². The summed E-state index contributed by atoms with van der Waals surface area (Å²) in [5.74, 6) is 1.18. The van der Waals surface area contributed by atoms with Gasteiger partial charge in [0.25, 0.3) is 0 Å². The van der Waals surface area contributed by atoms with Crippen LogP contribution in [0.3, 0.4) is 0 Å². The average molecular weight is 722 g/mol. The zero-order valence-electron chi connectivity index (χ0n) is 32.0. The second-order valence-corrected chi connectivity index (χ2v) is 15.1. The van der Waals surface area contributed by atoms with Crippen LogP contribution in [-0.4, -0.2) is 44.5 Å². The Hall–Kier alpha value is -5.96. The Morgan fingerprint density at radius 3 is 2.07 bits per heavy atom. The van der Waals surface area contributed by atoms with E-state index in [2.05, 4.69) is 119 Å². The summed E-state index contributed by atoms with van der Waals surface area (Å²) in [6, 6.07) is 39.3. The zero-order chi connectivity index (χ0) is 38.2. The van der Waals surface area contributed by atoms with Gasteiger partial charge in [-0.1, -0.05) is 122 Å². The van der Waals surface area contributed by atoms with E-state index < -0.39 is 18.3 Å². The lowest BCUT2D eigenvalue weighted by Crippen LogP contribution is -2.41. The molecule has 8 heteroatoms. The van der Waals surface area contributed by atoms with Crippen molar-refractivity contribution < 1.29 is 9.31 Å². The number of fused-ring (bicyclic) bond motifs is 1. The third-order valence-corrected chi connectivity index (χ3v) is 10.7. The fourth-order valence-electron chi connectivity index (χ4n) is 6.82. The van der Waals surface area contributed by atoms with Crippen molar-refractivity contribution in [1.82, 2.24) is 14.6 Å². The number of allylic oxidation sites excluding steroid dienone is 2. The molecule has 3 heterocycles. The van der Waals surface area contributed by atoms with E-state index >= 15 is 0 Å². The Morgan fingerprint density at radius 1 is 0.727 bits per heavy atom. The molecule has 0 unspecified atom stereocenters. The van der Waals surface area contributed by atoms with E-state index in [0.717, 1.165) is 68.6 Å². The first-order valence-electron chi connectivity index (χ1n) is 18.8. The molecule has 7 nitrogen and oxygen atoms in total.